The van der Waals surface area contributed by atoms with Crippen LogP contribution in [-0.4, -0.2) is 23.9 Å². The molecule has 2 atom stereocenters. The molecular formula is C16H21BrN2O2. The molecule has 0 bridgehead atoms. The van der Waals surface area contributed by atoms with Crippen molar-refractivity contribution in [2.24, 2.45) is 0 Å². The van der Waals surface area contributed by atoms with E-state index in [-0.39, 0.29) is 11.8 Å². The monoisotopic (exact) mass is 352 g/mol. The van der Waals surface area contributed by atoms with Gasteiger partial charge in [-0.2, -0.15) is 0 Å². The van der Waals surface area contributed by atoms with Crippen LogP contribution >= 0.6 is 15.9 Å². The summed E-state index contributed by atoms with van der Waals surface area (Å²) in [6.07, 6.45) is 1.53. The Kier molecular flexibility index (Phi) is 4.71. The highest BCUT2D eigenvalue weighted by Gasteiger charge is 2.38. The van der Waals surface area contributed by atoms with E-state index in [0.29, 0.717) is 6.42 Å². The topological polar surface area (TPSA) is 49.4 Å². The molecule has 0 aliphatic carbocycles. The van der Waals surface area contributed by atoms with Crippen molar-refractivity contribution in [2.45, 2.75) is 52.6 Å². The van der Waals surface area contributed by atoms with E-state index in [1.807, 2.05) is 32.9 Å². The molecule has 1 heterocycles. The lowest BCUT2D eigenvalue weighted by Gasteiger charge is -2.37. The van der Waals surface area contributed by atoms with E-state index in [9.17, 15) is 9.59 Å². The number of aryl methyl sites for hydroxylation is 2. The highest BCUT2D eigenvalue weighted by atomic mass is 79.9. The Morgan fingerprint density at radius 1 is 1.24 bits per heavy atom. The number of carbonyl (C=O) groups excluding carboxylic acids is 2. The van der Waals surface area contributed by atoms with Gasteiger partial charge in [-0.25, -0.2) is 0 Å². The summed E-state index contributed by atoms with van der Waals surface area (Å²) in [6.45, 7) is 7.75. The molecule has 114 valence electrons. The SMILES string of the molecule is CCCC1NC(=O)C(C)N(c2cc(C)c(Br)c(C)c2)C1=O. The number of halogens is 1. The van der Waals surface area contributed by atoms with Gasteiger partial charge in [0.1, 0.15) is 12.1 Å². The van der Waals surface area contributed by atoms with E-state index in [1.54, 1.807) is 11.8 Å². The van der Waals surface area contributed by atoms with Crippen LogP contribution in [0, 0.1) is 13.8 Å². The van der Waals surface area contributed by atoms with Gasteiger partial charge in [0.15, 0.2) is 0 Å². The van der Waals surface area contributed by atoms with Gasteiger partial charge in [0, 0.05) is 10.2 Å². The third kappa shape index (κ3) is 2.98. The molecule has 1 N–H and O–H groups in total. The Labute approximate surface area is 134 Å². The van der Waals surface area contributed by atoms with Gasteiger partial charge in [-0.05, 0) is 50.5 Å². The average molecular weight is 353 g/mol. The first-order chi connectivity index (χ1) is 9.86. The second-order valence-corrected chi connectivity index (χ2v) is 6.42. The normalized spacial score (nSPS) is 22.4. The van der Waals surface area contributed by atoms with Crippen LogP contribution in [0.4, 0.5) is 5.69 Å². The summed E-state index contributed by atoms with van der Waals surface area (Å²) >= 11 is 3.53. The number of amides is 2. The maximum Gasteiger partial charge on any atom is 0.250 e. The Hall–Kier alpha value is -1.36. The second-order valence-electron chi connectivity index (χ2n) is 5.63. The fourth-order valence-corrected chi connectivity index (χ4v) is 2.96. The van der Waals surface area contributed by atoms with Crippen molar-refractivity contribution in [3.05, 3.63) is 27.7 Å². The zero-order valence-electron chi connectivity index (χ0n) is 12.9. The highest BCUT2D eigenvalue weighted by Crippen LogP contribution is 2.30. The van der Waals surface area contributed by atoms with Crippen molar-refractivity contribution in [1.82, 2.24) is 5.32 Å². The van der Waals surface area contributed by atoms with Gasteiger partial charge in [-0.15, -0.1) is 0 Å². The zero-order chi connectivity index (χ0) is 15.7. The van der Waals surface area contributed by atoms with Crippen LogP contribution in [0.15, 0.2) is 16.6 Å². The van der Waals surface area contributed by atoms with Crippen LogP contribution in [-0.2, 0) is 9.59 Å². The summed E-state index contributed by atoms with van der Waals surface area (Å²) in [7, 11) is 0. The van der Waals surface area contributed by atoms with E-state index in [4.69, 9.17) is 0 Å². The van der Waals surface area contributed by atoms with Gasteiger partial charge in [-0.3, -0.25) is 14.5 Å². The molecule has 21 heavy (non-hydrogen) atoms. The van der Waals surface area contributed by atoms with Crippen molar-refractivity contribution in [3.63, 3.8) is 0 Å². The molecule has 1 fully saturated rings. The summed E-state index contributed by atoms with van der Waals surface area (Å²) in [5, 5.41) is 2.82. The minimum Gasteiger partial charge on any atom is -0.342 e. The Bertz CT molecular complexity index is 563. The zero-order valence-corrected chi connectivity index (χ0v) is 14.5. The van der Waals surface area contributed by atoms with Crippen LogP contribution in [0.25, 0.3) is 0 Å². The second kappa shape index (κ2) is 6.18. The highest BCUT2D eigenvalue weighted by molar-refractivity contribution is 9.10. The third-order valence-corrected chi connectivity index (χ3v) is 5.15. The number of anilines is 1. The standard InChI is InChI=1S/C16H21BrN2O2/c1-5-6-13-16(21)19(11(4)15(20)18-13)12-7-9(2)14(17)10(3)8-12/h7-8,11,13H,5-6H2,1-4H3,(H,18,20). The van der Waals surface area contributed by atoms with Crippen LogP contribution in [0.2, 0.25) is 0 Å². The molecule has 1 saturated heterocycles. The number of benzene rings is 1. The summed E-state index contributed by atoms with van der Waals surface area (Å²) in [4.78, 5) is 26.4. The molecule has 2 rings (SSSR count). The number of rotatable bonds is 3. The predicted octanol–water partition coefficient (Wildman–Crippen LogP) is 3.09. The molecule has 1 aromatic rings. The molecule has 5 heteroatoms. The first-order valence-corrected chi connectivity index (χ1v) is 8.06. The minimum absolute atomic E-state index is 0.0231. The van der Waals surface area contributed by atoms with E-state index in [1.165, 1.54) is 0 Å². The molecular weight excluding hydrogens is 332 g/mol. The number of nitrogens with one attached hydrogen (secondary N) is 1. The first-order valence-electron chi connectivity index (χ1n) is 7.27. The van der Waals surface area contributed by atoms with Crippen LogP contribution < -0.4 is 10.2 Å². The lowest BCUT2D eigenvalue weighted by atomic mass is 10.0. The van der Waals surface area contributed by atoms with Gasteiger partial charge in [-0.1, -0.05) is 29.3 Å². The van der Waals surface area contributed by atoms with Crippen LogP contribution in [0.1, 0.15) is 37.8 Å². The third-order valence-electron chi connectivity index (χ3n) is 3.90. The number of hydrogen-bond acceptors (Lipinski definition) is 2. The summed E-state index contributed by atoms with van der Waals surface area (Å²) < 4.78 is 1.04. The number of nitrogens with zero attached hydrogens (tertiary/aromatic N) is 1. The number of carbonyl (C=O) groups is 2. The van der Waals surface area contributed by atoms with Gasteiger partial charge in [0.05, 0.1) is 0 Å². The van der Waals surface area contributed by atoms with Gasteiger partial charge in [0.2, 0.25) is 11.8 Å². The molecule has 2 unspecified atom stereocenters. The van der Waals surface area contributed by atoms with Crippen molar-refractivity contribution in [3.8, 4) is 0 Å². The smallest absolute Gasteiger partial charge is 0.250 e. The molecule has 1 aliphatic rings. The van der Waals surface area contributed by atoms with Crippen molar-refractivity contribution < 1.29 is 9.59 Å². The first kappa shape index (κ1) is 16.0. The number of hydrogen-bond donors (Lipinski definition) is 1. The molecule has 1 aliphatic heterocycles. The van der Waals surface area contributed by atoms with Crippen molar-refractivity contribution in [1.29, 1.82) is 0 Å². The van der Waals surface area contributed by atoms with Crippen molar-refractivity contribution in [2.75, 3.05) is 4.90 Å². The van der Waals surface area contributed by atoms with Crippen LogP contribution in [0.5, 0.6) is 0 Å². The maximum absolute atomic E-state index is 12.7. The lowest BCUT2D eigenvalue weighted by Crippen LogP contribution is -2.62. The van der Waals surface area contributed by atoms with Crippen LogP contribution in [0.3, 0.4) is 0 Å². The molecule has 2 amide bonds. The summed E-state index contributed by atoms with van der Waals surface area (Å²) in [5.74, 6) is -0.114. The molecule has 4 nitrogen and oxygen atoms in total. The molecule has 0 radical (unpaired) electrons. The molecule has 0 spiro atoms. The van der Waals surface area contributed by atoms with E-state index in [2.05, 4.69) is 21.2 Å². The maximum atomic E-state index is 12.7. The predicted molar refractivity (Wildman–Crippen MR) is 87.4 cm³/mol. The lowest BCUT2D eigenvalue weighted by molar-refractivity contribution is -0.133. The van der Waals surface area contributed by atoms with E-state index < -0.39 is 12.1 Å². The molecule has 0 aromatic heterocycles. The average Bonchev–Trinajstić information content (AvgIpc) is 2.42. The van der Waals surface area contributed by atoms with Gasteiger partial charge >= 0.3 is 0 Å². The Morgan fingerprint density at radius 2 is 1.81 bits per heavy atom. The number of piperazine rings is 1. The van der Waals surface area contributed by atoms with E-state index in [0.717, 1.165) is 27.7 Å². The fourth-order valence-electron chi connectivity index (χ4n) is 2.73. The van der Waals surface area contributed by atoms with Crippen molar-refractivity contribution >= 4 is 33.4 Å². The van der Waals surface area contributed by atoms with Gasteiger partial charge < -0.3 is 5.32 Å². The quantitative estimate of drug-likeness (QED) is 0.908. The largest absolute Gasteiger partial charge is 0.342 e. The fraction of sp³-hybridized carbons (Fsp3) is 0.500. The minimum atomic E-state index is -0.481. The molecule has 0 saturated carbocycles. The Morgan fingerprint density at radius 3 is 2.33 bits per heavy atom. The van der Waals surface area contributed by atoms with Gasteiger partial charge in [0.25, 0.3) is 0 Å². The van der Waals surface area contributed by atoms with E-state index >= 15 is 0 Å². The Balaban J connectivity index is 2.44. The summed E-state index contributed by atoms with van der Waals surface area (Å²) in [5.41, 5.74) is 2.91. The molecule has 1 aromatic carbocycles. The summed E-state index contributed by atoms with van der Waals surface area (Å²) in [6, 6.07) is 3.01.